The molecule has 10 heteroatoms. The van der Waals surface area contributed by atoms with Gasteiger partial charge in [-0.05, 0) is 37.5 Å². The van der Waals surface area contributed by atoms with Crippen molar-refractivity contribution in [1.82, 2.24) is 39.0 Å². The number of nitrogens with one attached hydrogen (secondary N) is 1. The lowest BCUT2D eigenvalue weighted by atomic mass is 10.1. The highest BCUT2D eigenvalue weighted by Gasteiger charge is 2.33. The van der Waals surface area contributed by atoms with E-state index in [-0.39, 0.29) is 11.9 Å². The smallest absolute Gasteiger partial charge is 0.256 e. The lowest BCUT2D eigenvalue weighted by Gasteiger charge is -2.33. The topological polar surface area (TPSA) is 105 Å². The number of aromatic amines is 1. The second kappa shape index (κ2) is 5.95. The van der Waals surface area contributed by atoms with Gasteiger partial charge in [-0.2, -0.15) is 4.37 Å². The summed E-state index contributed by atoms with van der Waals surface area (Å²) in [5, 5.41) is 9.39. The molecule has 4 aromatic rings. The zero-order chi connectivity index (χ0) is 18.5. The lowest BCUT2D eigenvalue weighted by molar-refractivity contribution is 0.0640. The minimum Gasteiger partial charge on any atom is -0.345 e. The Morgan fingerprint density at radius 2 is 2.19 bits per heavy atom. The quantitative estimate of drug-likeness (QED) is 0.571. The van der Waals surface area contributed by atoms with E-state index >= 15 is 0 Å². The molecule has 0 saturated carbocycles. The van der Waals surface area contributed by atoms with Crippen LogP contribution in [0.4, 0.5) is 0 Å². The first-order valence-corrected chi connectivity index (χ1v) is 9.37. The largest absolute Gasteiger partial charge is 0.345 e. The molecule has 0 spiro atoms. The van der Waals surface area contributed by atoms with Crippen molar-refractivity contribution in [3.05, 3.63) is 41.7 Å². The van der Waals surface area contributed by atoms with E-state index in [9.17, 15) is 4.79 Å². The van der Waals surface area contributed by atoms with Crippen LogP contribution in [-0.2, 0) is 6.54 Å². The third kappa shape index (κ3) is 2.44. The van der Waals surface area contributed by atoms with E-state index in [1.807, 2.05) is 41.5 Å². The Kier molecular flexibility index (Phi) is 3.54. The zero-order valence-corrected chi connectivity index (χ0v) is 15.6. The van der Waals surface area contributed by atoms with E-state index in [1.54, 1.807) is 6.33 Å². The van der Waals surface area contributed by atoms with Crippen LogP contribution in [-0.4, -0.2) is 51.4 Å². The summed E-state index contributed by atoms with van der Waals surface area (Å²) in [5.74, 6) is 2.14. The van der Waals surface area contributed by atoms with Crippen molar-refractivity contribution >= 4 is 28.5 Å². The molecule has 0 aliphatic carbocycles. The minimum atomic E-state index is -0.198. The van der Waals surface area contributed by atoms with Crippen LogP contribution in [0.25, 0.3) is 21.9 Å². The van der Waals surface area contributed by atoms with Gasteiger partial charge in [-0.15, -0.1) is 10.2 Å². The van der Waals surface area contributed by atoms with E-state index in [1.165, 1.54) is 11.5 Å². The molecule has 0 unspecified atom stereocenters. The van der Waals surface area contributed by atoms with Gasteiger partial charge in [0, 0.05) is 13.1 Å². The first kappa shape index (κ1) is 16.1. The maximum atomic E-state index is 13.2. The number of fused-ring (bicyclic) bond motifs is 2. The van der Waals surface area contributed by atoms with Crippen molar-refractivity contribution in [2.45, 2.75) is 26.4 Å². The monoisotopic (exact) mass is 380 g/mol. The summed E-state index contributed by atoms with van der Waals surface area (Å²) in [6, 6.07) is 5.38. The van der Waals surface area contributed by atoms with Gasteiger partial charge >= 0.3 is 0 Å². The molecule has 27 heavy (non-hydrogen) atoms. The van der Waals surface area contributed by atoms with Gasteiger partial charge in [-0.3, -0.25) is 4.79 Å². The van der Waals surface area contributed by atoms with Gasteiger partial charge in [0.15, 0.2) is 16.7 Å². The number of carbonyl (C=O) groups excluding carboxylic acids is 1. The molecule has 0 bridgehead atoms. The molecule has 0 radical (unpaired) electrons. The number of para-hydroxylation sites is 1. The maximum Gasteiger partial charge on any atom is 0.256 e. The summed E-state index contributed by atoms with van der Waals surface area (Å²) in [6.45, 7) is 5.00. The van der Waals surface area contributed by atoms with Crippen molar-refractivity contribution in [2.24, 2.45) is 0 Å². The Hall–Kier alpha value is -3.14. The molecular formula is C17H16N8OS. The van der Waals surface area contributed by atoms with Gasteiger partial charge in [-0.25, -0.2) is 9.97 Å². The number of benzene rings is 1. The van der Waals surface area contributed by atoms with Crippen molar-refractivity contribution in [3.63, 3.8) is 0 Å². The fraction of sp³-hybridized carbons (Fsp3) is 0.294. The summed E-state index contributed by atoms with van der Waals surface area (Å²) in [4.78, 5) is 26.8. The molecule has 4 heterocycles. The van der Waals surface area contributed by atoms with Gasteiger partial charge in [0.2, 0.25) is 0 Å². The van der Waals surface area contributed by atoms with Crippen molar-refractivity contribution < 1.29 is 4.79 Å². The van der Waals surface area contributed by atoms with Crippen LogP contribution < -0.4 is 0 Å². The van der Waals surface area contributed by atoms with Crippen LogP contribution in [0.2, 0.25) is 0 Å². The number of rotatable bonds is 2. The van der Waals surface area contributed by atoms with Crippen LogP contribution in [0, 0.1) is 6.92 Å². The average Bonchev–Trinajstić information content (AvgIpc) is 3.39. The number of aromatic nitrogens is 7. The molecule has 9 nitrogen and oxygen atoms in total. The molecule has 0 saturated heterocycles. The maximum absolute atomic E-state index is 13.2. The number of hydrogen-bond donors (Lipinski definition) is 1. The summed E-state index contributed by atoms with van der Waals surface area (Å²) in [5.41, 5.74) is 2.13. The molecule has 1 aromatic carbocycles. The van der Waals surface area contributed by atoms with E-state index in [2.05, 4.69) is 29.5 Å². The van der Waals surface area contributed by atoms with Crippen LogP contribution >= 0.6 is 11.5 Å². The van der Waals surface area contributed by atoms with E-state index in [4.69, 9.17) is 0 Å². The molecule has 136 valence electrons. The summed E-state index contributed by atoms with van der Waals surface area (Å²) in [6.07, 6.45) is 1.61. The SMILES string of the molecule is Cc1nsc(-c2nnc3n2CCN(C(=O)c2cccc4[nH]cnc24)[C@@H]3C)n1. The molecule has 1 amide bonds. The normalized spacial score (nSPS) is 16.7. The summed E-state index contributed by atoms with van der Waals surface area (Å²) in [7, 11) is 0. The average molecular weight is 380 g/mol. The lowest BCUT2D eigenvalue weighted by Crippen LogP contribution is -2.41. The van der Waals surface area contributed by atoms with Crippen LogP contribution in [0.15, 0.2) is 24.5 Å². The van der Waals surface area contributed by atoms with Gasteiger partial charge in [-0.1, -0.05) is 6.07 Å². The fourth-order valence-corrected chi connectivity index (χ4v) is 4.17. The predicted molar refractivity (Wildman–Crippen MR) is 99.2 cm³/mol. The predicted octanol–water partition coefficient (Wildman–Crippen LogP) is 2.20. The second-order valence-electron chi connectivity index (χ2n) is 6.46. The van der Waals surface area contributed by atoms with Crippen LogP contribution in [0.3, 0.4) is 0 Å². The summed E-state index contributed by atoms with van der Waals surface area (Å²) >= 11 is 1.31. The first-order valence-electron chi connectivity index (χ1n) is 8.60. The Morgan fingerprint density at radius 1 is 1.30 bits per heavy atom. The Balaban J connectivity index is 1.50. The van der Waals surface area contributed by atoms with Crippen molar-refractivity contribution in [2.75, 3.05) is 6.54 Å². The molecular weight excluding hydrogens is 364 g/mol. The number of carbonyl (C=O) groups is 1. The molecule has 1 atom stereocenters. The summed E-state index contributed by atoms with van der Waals surface area (Å²) < 4.78 is 6.25. The number of aryl methyl sites for hydroxylation is 1. The third-order valence-corrected chi connectivity index (χ3v) is 5.65. The van der Waals surface area contributed by atoms with Crippen LogP contribution in [0.5, 0.6) is 0 Å². The number of hydrogen-bond acceptors (Lipinski definition) is 7. The van der Waals surface area contributed by atoms with Crippen molar-refractivity contribution in [1.29, 1.82) is 0 Å². The Morgan fingerprint density at radius 3 is 3.00 bits per heavy atom. The first-order chi connectivity index (χ1) is 13.1. The van der Waals surface area contributed by atoms with Gasteiger partial charge in [0.25, 0.3) is 5.91 Å². The third-order valence-electron chi connectivity index (χ3n) is 4.84. The number of H-pyrrole nitrogens is 1. The molecule has 5 rings (SSSR count). The Labute approximate surface area is 158 Å². The van der Waals surface area contributed by atoms with E-state index in [0.29, 0.717) is 30.0 Å². The van der Waals surface area contributed by atoms with E-state index < -0.39 is 0 Å². The van der Waals surface area contributed by atoms with Gasteiger partial charge < -0.3 is 14.5 Å². The van der Waals surface area contributed by atoms with Crippen LogP contribution in [0.1, 0.15) is 35.0 Å². The Bertz CT molecular complexity index is 1160. The molecule has 0 fully saturated rings. The second-order valence-corrected chi connectivity index (χ2v) is 7.21. The highest BCUT2D eigenvalue weighted by atomic mass is 32.1. The number of amides is 1. The van der Waals surface area contributed by atoms with Gasteiger partial charge in [0.05, 0.1) is 23.4 Å². The molecule has 1 N–H and O–H groups in total. The van der Waals surface area contributed by atoms with Crippen molar-refractivity contribution in [3.8, 4) is 10.8 Å². The zero-order valence-electron chi connectivity index (χ0n) is 14.7. The molecule has 1 aliphatic heterocycles. The standard InChI is InChI=1S/C17H16N8OS/c1-9-14-21-22-15(16-20-10(2)23-27-16)25(14)7-6-24(9)17(26)11-4-3-5-12-13(11)19-8-18-12/h3-5,8-9H,6-7H2,1-2H3,(H,18,19)/t9-/m1/s1. The number of imidazole rings is 1. The molecule has 3 aromatic heterocycles. The molecule has 1 aliphatic rings. The minimum absolute atomic E-state index is 0.0530. The number of nitrogens with zero attached hydrogens (tertiary/aromatic N) is 7. The van der Waals surface area contributed by atoms with Gasteiger partial charge in [0.1, 0.15) is 11.3 Å². The highest BCUT2D eigenvalue weighted by molar-refractivity contribution is 7.09. The fourth-order valence-electron chi connectivity index (χ4n) is 3.50. The highest BCUT2D eigenvalue weighted by Crippen LogP contribution is 2.30. The van der Waals surface area contributed by atoms with E-state index in [0.717, 1.165) is 22.2 Å².